The molecule has 0 saturated carbocycles. The molecule has 0 saturated heterocycles. The van der Waals surface area contributed by atoms with E-state index in [-0.39, 0.29) is 27.4 Å². The Bertz CT molecular complexity index is 544. The number of carbonyl (C=O) groups excluding carboxylic acids is 1. The predicted molar refractivity (Wildman–Crippen MR) is 78.9 cm³/mol. The summed E-state index contributed by atoms with van der Waals surface area (Å²) in [5, 5.41) is 13.6. The van der Waals surface area contributed by atoms with Crippen molar-refractivity contribution < 1.29 is 9.72 Å². The van der Waals surface area contributed by atoms with Gasteiger partial charge in [0.05, 0.1) is 9.95 Å². The summed E-state index contributed by atoms with van der Waals surface area (Å²) in [5.74, 6) is -0.406. The molecule has 0 spiro atoms. The van der Waals surface area contributed by atoms with Gasteiger partial charge in [-0.25, -0.2) is 0 Å². The molecule has 1 aromatic carbocycles. The zero-order valence-electron chi connectivity index (χ0n) is 11.7. The number of nitrogens with two attached hydrogens (primary N) is 1. The van der Waals surface area contributed by atoms with Crippen LogP contribution in [0.4, 0.5) is 11.4 Å². The fourth-order valence-corrected chi connectivity index (χ4v) is 1.65. The summed E-state index contributed by atoms with van der Waals surface area (Å²) in [6, 6.07) is 2.47. The summed E-state index contributed by atoms with van der Waals surface area (Å²) in [7, 11) is 0. The summed E-state index contributed by atoms with van der Waals surface area (Å²) in [6.45, 7) is 6.53. The van der Waals surface area contributed by atoms with Crippen molar-refractivity contribution >= 4 is 28.9 Å². The van der Waals surface area contributed by atoms with E-state index < -0.39 is 10.8 Å². The molecule has 0 unspecified atom stereocenters. The van der Waals surface area contributed by atoms with Crippen molar-refractivity contribution in [2.75, 3.05) is 12.3 Å². The number of carbonyl (C=O) groups is 1. The second-order valence-electron chi connectivity index (χ2n) is 5.35. The number of hydrogen-bond donors (Lipinski definition) is 2. The highest BCUT2D eigenvalue weighted by molar-refractivity contribution is 6.34. The van der Waals surface area contributed by atoms with Crippen LogP contribution in [0.15, 0.2) is 12.1 Å². The van der Waals surface area contributed by atoms with Crippen LogP contribution in [-0.2, 0) is 0 Å². The summed E-state index contributed by atoms with van der Waals surface area (Å²) in [6.07, 6.45) is 0.899. The number of amides is 1. The molecule has 0 bridgehead atoms. The van der Waals surface area contributed by atoms with Crippen LogP contribution in [0.25, 0.3) is 0 Å². The van der Waals surface area contributed by atoms with Gasteiger partial charge in [0.15, 0.2) is 0 Å². The van der Waals surface area contributed by atoms with Crippen molar-refractivity contribution in [1.29, 1.82) is 0 Å². The number of anilines is 1. The second-order valence-corrected chi connectivity index (χ2v) is 5.76. The normalized spacial score (nSPS) is 11.2. The van der Waals surface area contributed by atoms with Crippen LogP contribution in [0, 0.1) is 15.5 Å². The lowest BCUT2D eigenvalue weighted by molar-refractivity contribution is -0.383. The molecule has 0 aromatic heterocycles. The predicted octanol–water partition coefficient (Wildman–Crippen LogP) is 3.00. The average molecular weight is 300 g/mol. The van der Waals surface area contributed by atoms with Gasteiger partial charge in [0.25, 0.3) is 11.6 Å². The maximum atomic E-state index is 12.0. The highest BCUT2D eigenvalue weighted by Gasteiger charge is 2.21. The van der Waals surface area contributed by atoms with E-state index in [0.29, 0.717) is 6.54 Å². The van der Waals surface area contributed by atoms with E-state index in [4.69, 9.17) is 17.3 Å². The van der Waals surface area contributed by atoms with Crippen LogP contribution >= 0.6 is 11.6 Å². The standard InChI is InChI=1S/C13H18ClN3O3/c1-4-13(2,3)7-16-12(18)8-5-9(14)11(15)10(6-8)17(19)20/h5-6H,4,7,15H2,1-3H3,(H,16,18). The molecule has 1 aromatic rings. The Kier molecular flexibility index (Phi) is 4.94. The van der Waals surface area contributed by atoms with Crippen LogP contribution in [0.5, 0.6) is 0 Å². The van der Waals surface area contributed by atoms with Crippen molar-refractivity contribution in [2.24, 2.45) is 5.41 Å². The minimum Gasteiger partial charge on any atom is -0.392 e. The van der Waals surface area contributed by atoms with Crippen LogP contribution in [0.3, 0.4) is 0 Å². The zero-order chi connectivity index (χ0) is 15.5. The van der Waals surface area contributed by atoms with Gasteiger partial charge in [0, 0.05) is 18.2 Å². The number of nitro groups is 1. The third-order valence-electron chi connectivity index (χ3n) is 3.25. The van der Waals surface area contributed by atoms with Gasteiger partial charge in [-0.3, -0.25) is 14.9 Å². The Morgan fingerprint density at radius 2 is 2.10 bits per heavy atom. The highest BCUT2D eigenvalue weighted by atomic mass is 35.5. The maximum absolute atomic E-state index is 12.0. The van der Waals surface area contributed by atoms with Gasteiger partial charge in [-0.15, -0.1) is 0 Å². The van der Waals surface area contributed by atoms with Gasteiger partial charge in [0.1, 0.15) is 5.69 Å². The molecule has 7 heteroatoms. The molecule has 0 aliphatic heterocycles. The van der Waals surface area contributed by atoms with Gasteiger partial charge in [-0.1, -0.05) is 32.4 Å². The SMILES string of the molecule is CCC(C)(C)CNC(=O)c1cc(Cl)c(N)c([N+](=O)[O-])c1. The van der Waals surface area contributed by atoms with Gasteiger partial charge < -0.3 is 11.1 Å². The quantitative estimate of drug-likeness (QED) is 0.496. The van der Waals surface area contributed by atoms with Gasteiger partial charge in [0.2, 0.25) is 0 Å². The zero-order valence-corrected chi connectivity index (χ0v) is 12.5. The fraction of sp³-hybridized carbons (Fsp3) is 0.462. The molecule has 0 aliphatic rings. The van der Waals surface area contributed by atoms with Gasteiger partial charge in [-0.2, -0.15) is 0 Å². The first-order valence-corrected chi connectivity index (χ1v) is 6.57. The van der Waals surface area contributed by atoms with Crippen molar-refractivity contribution in [3.8, 4) is 0 Å². The molecular formula is C13H18ClN3O3. The van der Waals surface area contributed by atoms with E-state index in [1.165, 1.54) is 6.07 Å². The molecule has 0 atom stereocenters. The van der Waals surface area contributed by atoms with Gasteiger partial charge in [-0.05, 0) is 17.9 Å². The molecule has 0 radical (unpaired) electrons. The molecule has 3 N–H and O–H groups in total. The lowest BCUT2D eigenvalue weighted by Crippen LogP contribution is -2.33. The van der Waals surface area contributed by atoms with E-state index in [2.05, 4.69) is 5.32 Å². The molecule has 110 valence electrons. The number of nitrogens with zero attached hydrogens (tertiary/aromatic N) is 1. The van der Waals surface area contributed by atoms with Crippen molar-refractivity contribution in [2.45, 2.75) is 27.2 Å². The molecule has 0 fully saturated rings. The van der Waals surface area contributed by atoms with Crippen LogP contribution in [0.2, 0.25) is 5.02 Å². The topological polar surface area (TPSA) is 98.3 Å². The molecular weight excluding hydrogens is 282 g/mol. The van der Waals surface area contributed by atoms with Crippen LogP contribution < -0.4 is 11.1 Å². The molecule has 1 rings (SSSR count). The largest absolute Gasteiger partial charge is 0.392 e. The fourth-order valence-electron chi connectivity index (χ4n) is 1.43. The molecule has 6 nitrogen and oxygen atoms in total. The average Bonchev–Trinajstić information content (AvgIpc) is 2.38. The molecule has 20 heavy (non-hydrogen) atoms. The summed E-state index contributed by atoms with van der Waals surface area (Å²) in [5.41, 5.74) is 5.10. The smallest absolute Gasteiger partial charge is 0.294 e. The first-order chi connectivity index (χ1) is 9.18. The Morgan fingerprint density at radius 3 is 2.60 bits per heavy atom. The van der Waals surface area contributed by atoms with Crippen molar-refractivity contribution in [1.82, 2.24) is 5.32 Å². The van der Waals surface area contributed by atoms with Crippen LogP contribution in [-0.4, -0.2) is 17.4 Å². The van der Waals surface area contributed by atoms with E-state index in [9.17, 15) is 14.9 Å². The van der Waals surface area contributed by atoms with Crippen LogP contribution in [0.1, 0.15) is 37.6 Å². The number of nitrogens with one attached hydrogen (secondary N) is 1. The second kappa shape index (κ2) is 6.09. The van der Waals surface area contributed by atoms with Gasteiger partial charge >= 0.3 is 0 Å². The summed E-state index contributed by atoms with van der Waals surface area (Å²) >= 11 is 5.82. The first kappa shape index (κ1) is 16.2. The van der Waals surface area contributed by atoms with E-state index in [1.54, 1.807) is 0 Å². The monoisotopic (exact) mass is 299 g/mol. The number of nitrogen functional groups attached to an aromatic ring is 1. The number of benzene rings is 1. The lowest BCUT2D eigenvalue weighted by atomic mass is 9.90. The summed E-state index contributed by atoms with van der Waals surface area (Å²) in [4.78, 5) is 22.2. The van der Waals surface area contributed by atoms with Crippen molar-refractivity contribution in [3.05, 3.63) is 32.8 Å². The van der Waals surface area contributed by atoms with E-state index >= 15 is 0 Å². The minimum atomic E-state index is -0.659. The Morgan fingerprint density at radius 1 is 1.50 bits per heavy atom. The summed E-state index contributed by atoms with van der Waals surface area (Å²) < 4.78 is 0. The highest BCUT2D eigenvalue weighted by Crippen LogP contribution is 2.30. The van der Waals surface area contributed by atoms with E-state index in [0.717, 1.165) is 12.5 Å². The minimum absolute atomic E-state index is 0.000832. The Hall–Kier alpha value is -1.82. The van der Waals surface area contributed by atoms with E-state index in [1.807, 2.05) is 20.8 Å². The number of rotatable bonds is 5. The first-order valence-electron chi connectivity index (χ1n) is 6.19. The maximum Gasteiger partial charge on any atom is 0.294 e. The number of nitro benzene ring substituents is 1. The third kappa shape index (κ3) is 3.84. The molecule has 0 heterocycles. The third-order valence-corrected chi connectivity index (χ3v) is 3.56. The lowest BCUT2D eigenvalue weighted by Gasteiger charge is -2.22. The molecule has 0 aliphatic carbocycles. The number of hydrogen-bond acceptors (Lipinski definition) is 4. The Balaban J connectivity index is 2.97. The molecule has 1 amide bonds. The number of halogens is 1. The Labute approximate surface area is 122 Å². The van der Waals surface area contributed by atoms with Crippen molar-refractivity contribution in [3.63, 3.8) is 0 Å².